The summed E-state index contributed by atoms with van der Waals surface area (Å²) in [5.74, 6) is 0.238. The lowest BCUT2D eigenvalue weighted by molar-refractivity contribution is -0.122. The van der Waals surface area contributed by atoms with E-state index < -0.39 is 0 Å². The summed E-state index contributed by atoms with van der Waals surface area (Å²) >= 11 is 0. The summed E-state index contributed by atoms with van der Waals surface area (Å²) in [7, 11) is 0. The van der Waals surface area contributed by atoms with Gasteiger partial charge in [0.1, 0.15) is 0 Å². The Kier molecular flexibility index (Phi) is 3.50. The zero-order chi connectivity index (χ0) is 13.4. The average molecular weight is 248 g/mol. The molecule has 0 aromatic carbocycles. The van der Waals surface area contributed by atoms with Gasteiger partial charge in [0, 0.05) is 11.3 Å². The van der Waals surface area contributed by atoms with E-state index in [1.54, 1.807) is 0 Å². The molecule has 0 aromatic rings. The summed E-state index contributed by atoms with van der Waals surface area (Å²) < 4.78 is 0. The number of carbonyl (C=O) groups excluding carboxylic acids is 1. The van der Waals surface area contributed by atoms with E-state index in [0.29, 0.717) is 0 Å². The van der Waals surface area contributed by atoms with Crippen LogP contribution in [0.3, 0.4) is 0 Å². The Hall–Kier alpha value is -0.890. The highest BCUT2D eigenvalue weighted by Gasteiger charge is 2.52. The van der Waals surface area contributed by atoms with Crippen LogP contribution >= 0.6 is 0 Å². The molecule has 0 bridgehead atoms. The maximum atomic E-state index is 12.1. The number of aliphatic hydroxyl groups excluding tert-OH is 1. The molecule has 1 fully saturated rings. The van der Waals surface area contributed by atoms with E-state index in [4.69, 9.17) is 0 Å². The normalized spacial score (nSPS) is 34.7. The van der Waals surface area contributed by atoms with Crippen molar-refractivity contribution >= 4 is 5.78 Å². The fraction of sp³-hybridized carbons (Fsp3) is 0.688. The molecule has 1 N–H and O–H groups in total. The molecular formula is C16H24O2. The number of ketones is 1. The fourth-order valence-corrected chi connectivity index (χ4v) is 3.84. The number of rotatable bonds is 3. The lowest BCUT2D eigenvalue weighted by Crippen LogP contribution is -2.49. The number of allylic oxidation sites excluding steroid dienone is 2. The maximum Gasteiger partial charge on any atom is 0.159 e. The molecule has 2 unspecified atom stereocenters. The van der Waals surface area contributed by atoms with Gasteiger partial charge in [-0.25, -0.2) is 0 Å². The highest BCUT2D eigenvalue weighted by Crippen LogP contribution is 2.58. The second-order valence-electron chi connectivity index (χ2n) is 6.48. The topological polar surface area (TPSA) is 37.3 Å². The van der Waals surface area contributed by atoms with Gasteiger partial charge in [-0.2, -0.15) is 0 Å². The number of aliphatic hydroxyl groups is 1. The number of fused-ring (bicyclic) bond motifs is 1. The van der Waals surface area contributed by atoms with E-state index in [2.05, 4.69) is 20.4 Å². The van der Waals surface area contributed by atoms with Crippen molar-refractivity contribution in [1.29, 1.82) is 0 Å². The van der Waals surface area contributed by atoms with E-state index in [1.807, 2.05) is 12.2 Å². The van der Waals surface area contributed by atoms with Crippen LogP contribution in [0.1, 0.15) is 46.0 Å². The third-order valence-electron chi connectivity index (χ3n) is 5.19. The van der Waals surface area contributed by atoms with Gasteiger partial charge in [-0.05, 0) is 43.6 Å². The Labute approximate surface area is 110 Å². The van der Waals surface area contributed by atoms with E-state index in [1.165, 1.54) is 5.57 Å². The Bertz CT molecular complexity index is 392. The standard InChI is InChI=1S/C16H24O2/c1-4-6-12-10-16(11-17)13(9-14(12)18)7-5-8-15(16,2)3/h4,9,12,17H,1,5-8,10-11H2,2-3H3. The van der Waals surface area contributed by atoms with Crippen LogP contribution in [0.2, 0.25) is 0 Å². The molecule has 0 heterocycles. The molecule has 2 nitrogen and oxygen atoms in total. The summed E-state index contributed by atoms with van der Waals surface area (Å²) in [5.41, 5.74) is 1.07. The molecule has 2 aliphatic rings. The van der Waals surface area contributed by atoms with Gasteiger partial charge in [0.2, 0.25) is 0 Å². The summed E-state index contributed by atoms with van der Waals surface area (Å²) in [4.78, 5) is 12.1. The summed E-state index contributed by atoms with van der Waals surface area (Å²) in [6.07, 6.45) is 8.38. The Balaban J connectivity index is 2.43. The van der Waals surface area contributed by atoms with Crippen LogP contribution in [0.4, 0.5) is 0 Å². The van der Waals surface area contributed by atoms with Gasteiger partial charge in [0.05, 0.1) is 6.61 Å². The molecular weight excluding hydrogens is 224 g/mol. The summed E-state index contributed by atoms with van der Waals surface area (Å²) in [5, 5.41) is 10.0. The Morgan fingerprint density at radius 2 is 2.28 bits per heavy atom. The summed E-state index contributed by atoms with van der Waals surface area (Å²) in [6.45, 7) is 8.37. The SMILES string of the molecule is C=CCC1CC2(CO)C(=CC1=O)CCCC2(C)C. The number of hydrogen-bond acceptors (Lipinski definition) is 2. The van der Waals surface area contributed by atoms with E-state index in [-0.39, 0.29) is 29.1 Å². The van der Waals surface area contributed by atoms with E-state index >= 15 is 0 Å². The first-order valence-corrected chi connectivity index (χ1v) is 6.93. The lowest BCUT2D eigenvalue weighted by Gasteiger charge is -2.54. The minimum Gasteiger partial charge on any atom is -0.395 e. The first-order chi connectivity index (χ1) is 8.47. The van der Waals surface area contributed by atoms with Crippen molar-refractivity contribution in [3.63, 3.8) is 0 Å². The molecule has 0 aliphatic heterocycles. The zero-order valence-electron chi connectivity index (χ0n) is 11.5. The van der Waals surface area contributed by atoms with Crippen molar-refractivity contribution in [2.75, 3.05) is 6.61 Å². The van der Waals surface area contributed by atoms with Crippen molar-refractivity contribution in [1.82, 2.24) is 0 Å². The minimum atomic E-state index is -0.188. The van der Waals surface area contributed by atoms with Crippen molar-refractivity contribution in [2.45, 2.75) is 46.0 Å². The van der Waals surface area contributed by atoms with Crippen LogP contribution in [0.25, 0.3) is 0 Å². The van der Waals surface area contributed by atoms with Gasteiger partial charge in [-0.15, -0.1) is 6.58 Å². The van der Waals surface area contributed by atoms with Gasteiger partial charge in [0.25, 0.3) is 0 Å². The molecule has 0 aromatic heterocycles. The maximum absolute atomic E-state index is 12.1. The van der Waals surface area contributed by atoms with Gasteiger partial charge in [-0.1, -0.05) is 25.5 Å². The van der Waals surface area contributed by atoms with Crippen molar-refractivity contribution in [3.05, 3.63) is 24.3 Å². The van der Waals surface area contributed by atoms with Gasteiger partial charge in [-0.3, -0.25) is 4.79 Å². The highest BCUT2D eigenvalue weighted by atomic mass is 16.3. The first-order valence-electron chi connectivity index (χ1n) is 6.93. The predicted molar refractivity (Wildman–Crippen MR) is 73.2 cm³/mol. The quantitative estimate of drug-likeness (QED) is 0.778. The van der Waals surface area contributed by atoms with Gasteiger partial charge >= 0.3 is 0 Å². The smallest absolute Gasteiger partial charge is 0.159 e. The van der Waals surface area contributed by atoms with Crippen LogP contribution in [0.5, 0.6) is 0 Å². The fourth-order valence-electron chi connectivity index (χ4n) is 3.84. The third-order valence-corrected chi connectivity index (χ3v) is 5.19. The third kappa shape index (κ3) is 1.87. The van der Waals surface area contributed by atoms with Crippen molar-refractivity contribution < 1.29 is 9.90 Å². The molecule has 2 rings (SSSR count). The number of carbonyl (C=O) groups is 1. The molecule has 2 heteroatoms. The monoisotopic (exact) mass is 248 g/mol. The van der Waals surface area contributed by atoms with Gasteiger partial charge < -0.3 is 5.11 Å². The Morgan fingerprint density at radius 1 is 1.56 bits per heavy atom. The largest absolute Gasteiger partial charge is 0.395 e. The molecule has 0 spiro atoms. The van der Waals surface area contributed by atoms with Crippen molar-refractivity contribution in [3.8, 4) is 0 Å². The lowest BCUT2D eigenvalue weighted by atomic mass is 9.51. The van der Waals surface area contributed by atoms with Crippen LogP contribution in [0.15, 0.2) is 24.3 Å². The van der Waals surface area contributed by atoms with Crippen LogP contribution in [-0.4, -0.2) is 17.5 Å². The second-order valence-corrected chi connectivity index (χ2v) is 6.48. The molecule has 18 heavy (non-hydrogen) atoms. The molecule has 0 saturated heterocycles. The molecule has 100 valence electrons. The molecule has 2 atom stereocenters. The van der Waals surface area contributed by atoms with E-state index in [9.17, 15) is 9.90 Å². The molecule has 0 amide bonds. The minimum absolute atomic E-state index is 0.00998. The zero-order valence-corrected chi connectivity index (χ0v) is 11.5. The average Bonchev–Trinajstić information content (AvgIpc) is 2.31. The van der Waals surface area contributed by atoms with Crippen LogP contribution < -0.4 is 0 Å². The predicted octanol–water partition coefficient (Wildman–Crippen LogP) is 3.27. The van der Waals surface area contributed by atoms with Gasteiger partial charge in [0.15, 0.2) is 5.78 Å². The van der Waals surface area contributed by atoms with Crippen molar-refractivity contribution in [2.24, 2.45) is 16.7 Å². The molecule has 2 aliphatic carbocycles. The number of hydrogen-bond donors (Lipinski definition) is 1. The van der Waals surface area contributed by atoms with Crippen LogP contribution in [-0.2, 0) is 4.79 Å². The van der Waals surface area contributed by atoms with Crippen LogP contribution in [0, 0.1) is 16.7 Å². The first kappa shape index (κ1) is 13.5. The summed E-state index contributed by atoms with van der Waals surface area (Å²) in [6, 6.07) is 0. The highest BCUT2D eigenvalue weighted by molar-refractivity contribution is 5.94. The van der Waals surface area contributed by atoms with E-state index in [0.717, 1.165) is 32.1 Å². The molecule has 1 saturated carbocycles. The molecule has 0 radical (unpaired) electrons. The Morgan fingerprint density at radius 3 is 2.89 bits per heavy atom. The second kappa shape index (κ2) is 4.65.